The molecule has 0 bridgehead atoms. The highest BCUT2D eigenvalue weighted by molar-refractivity contribution is 7.99. The molecular weight excluding hydrogens is 392 g/mol. The molecule has 29 heavy (non-hydrogen) atoms. The van der Waals surface area contributed by atoms with Crippen molar-refractivity contribution in [3.8, 4) is 0 Å². The summed E-state index contributed by atoms with van der Waals surface area (Å²) in [6, 6.07) is 4.09. The van der Waals surface area contributed by atoms with Gasteiger partial charge in [0.1, 0.15) is 12.1 Å². The van der Waals surface area contributed by atoms with Gasteiger partial charge in [-0.1, -0.05) is 33.6 Å². The fourth-order valence-corrected chi connectivity index (χ4v) is 3.96. The largest absolute Gasteiger partial charge is 0.483 e. The Morgan fingerprint density at radius 1 is 1.38 bits per heavy atom. The van der Waals surface area contributed by atoms with Gasteiger partial charge < -0.3 is 18.8 Å². The van der Waals surface area contributed by atoms with Gasteiger partial charge in [0, 0.05) is 20.1 Å². The van der Waals surface area contributed by atoms with Gasteiger partial charge in [0.2, 0.25) is 0 Å². The van der Waals surface area contributed by atoms with Crippen molar-refractivity contribution in [3.05, 3.63) is 24.2 Å². The Hall–Kier alpha value is -1.84. The molecule has 9 heteroatoms. The van der Waals surface area contributed by atoms with Crippen LogP contribution in [0.5, 0.6) is 0 Å². The van der Waals surface area contributed by atoms with Gasteiger partial charge >= 0.3 is 0 Å². The summed E-state index contributed by atoms with van der Waals surface area (Å²) in [6.07, 6.45) is 5.91. The molecule has 0 unspecified atom stereocenters. The van der Waals surface area contributed by atoms with Crippen molar-refractivity contribution in [1.82, 2.24) is 19.7 Å². The summed E-state index contributed by atoms with van der Waals surface area (Å²) in [7, 11) is 1.93. The fraction of sp³-hybridized carbons (Fsp3) is 0.650. The smallest absolute Gasteiger partial charge is 0.290 e. The van der Waals surface area contributed by atoms with Crippen LogP contribution in [0, 0.1) is 5.92 Å². The van der Waals surface area contributed by atoms with Crippen LogP contribution in [0.1, 0.15) is 45.8 Å². The van der Waals surface area contributed by atoms with E-state index in [1.54, 1.807) is 6.33 Å². The van der Waals surface area contributed by atoms with Crippen LogP contribution in [0.3, 0.4) is 0 Å². The molecular formula is C20H32N4O4S. The highest BCUT2D eigenvalue weighted by Gasteiger charge is 2.29. The van der Waals surface area contributed by atoms with Crippen LogP contribution in [0.25, 0.3) is 0 Å². The van der Waals surface area contributed by atoms with Gasteiger partial charge in [0.05, 0.1) is 18.8 Å². The molecule has 2 atom stereocenters. The molecule has 8 nitrogen and oxygen atoms in total. The highest BCUT2D eigenvalue weighted by atomic mass is 32.2. The second-order valence-electron chi connectivity index (χ2n) is 7.53. The minimum absolute atomic E-state index is 0.250. The minimum Gasteiger partial charge on any atom is -0.483 e. The van der Waals surface area contributed by atoms with Gasteiger partial charge in [-0.2, -0.15) is 0 Å². The Balaban J connectivity index is 0.000000941. The molecule has 0 aliphatic carbocycles. The molecule has 0 radical (unpaired) electrons. The number of ether oxygens (including phenoxy) is 1. The molecule has 0 saturated carbocycles. The van der Waals surface area contributed by atoms with Gasteiger partial charge in [-0.15, -0.1) is 10.2 Å². The van der Waals surface area contributed by atoms with Crippen LogP contribution in [-0.2, 0) is 23.1 Å². The first-order chi connectivity index (χ1) is 14.0. The lowest BCUT2D eigenvalue weighted by molar-refractivity contribution is -0.122. The van der Waals surface area contributed by atoms with Crippen LogP contribution in [0.4, 0.5) is 0 Å². The van der Waals surface area contributed by atoms with E-state index in [-0.39, 0.29) is 6.47 Å². The number of carboxylic acid groups (broad SMARTS) is 1. The molecule has 1 aliphatic rings. The summed E-state index contributed by atoms with van der Waals surface area (Å²) < 4.78 is 14.2. The topological polar surface area (TPSA) is 93.6 Å². The lowest BCUT2D eigenvalue weighted by Gasteiger charge is -2.39. The van der Waals surface area contributed by atoms with Crippen molar-refractivity contribution in [2.45, 2.75) is 69.0 Å². The zero-order chi connectivity index (χ0) is 21.2. The predicted octanol–water partition coefficient (Wildman–Crippen LogP) is 3.68. The molecule has 2 aromatic heterocycles. The lowest BCUT2D eigenvalue weighted by Crippen LogP contribution is -2.48. The van der Waals surface area contributed by atoms with Crippen molar-refractivity contribution in [3.63, 3.8) is 0 Å². The van der Waals surface area contributed by atoms with E-state index >= 15 is 0 Å². The summed E-state index contributed by atoms with van der Waals surface area (Å²) >= 11 is 1.50. The maximum atomic E-state index is 8.36. The first kappa shape index (κ1) is 23.4. The van der Waals surface area contributed by atoms with Gasteiger partial charge in [0.15, 0.2) is 10.2 Å². The van der Waals surface area contributed by atoms with Crippen LogP contribution in [0.2, 0.25) is 0 Å². The average Bonchev–Trinajstić information content (AvgIpc) is 3.30. The highest BCUT2D eigenvalue weighted by Crippen LogP contribution is 2.28. The molecule has 2 aromatic rings. The van der Waals surface area contributed by atoms with Crippen LogP contribution < -0.4 is 0 Å². The SMILES string of the molecule is CCCC[C@@H]1CN(Cc2ccc(Sc3nncn3C)o2)C[C@H](C(C)C)O1.O=CO. The number of aryl methyl sites for hydroxylation is 1. The molecule has 0 amide bonds. The first-order valence-electron chi connectivity index (χ1n) is 10.0. The Labute approximate surface area is 176 Å². The molecule has 3 rings (SSSR count). The molecule has 162 valence electrons. The van der Waals surface area contributed by atoms with Gasteiger partial charge in [-0.25, -0.2) is 0 Å². The van der Waals surface area contributed by atoms with Crippen molar-refractivity contribution in [1.29, 1.82) is 0 Å². The molecule has 1 aliphatic heterocycles. The van der Waals surface area contributed by atoms with E-state index in [9.17, 15) is 0 Å². The fourth-order valence-electron chi connectivity index (χ4n) is 3.21. The average molecular weight is 425 g/mol. The summed E-state index contributed by atoms with van der Waals surface area (Å²) in [6.45, 7) is 9.25. The van der Waals surface area contributed by atoms with Crippen LogP contribution in [0.15, 0.2) is 33.1 Å². The van der Waals surface area contributed by atoms with E-state index in [1.165, 1.54) is 24.6 Å². The van der Waals surface area contributed by atoms with Gasteiger partial charge in [-0.3, -0.25) is 9.69 Å². The number of unbranched alkanes of at least 4 members (excludes halogenated alkanes) is 1. The van der Waals surface area contributed by atoms with E-state index in [2.05, 4.69) is 41.9 Å². The number of nitrogens with zero attached hydrogens (tertiary/aromatic N) is 4. The minimum atomic E-state index is -0.250. The third-order valence-electron chi connectivity index (χ3n) is 4.77. The Morgan fingerprint density at radius 3 is 2.76 bits per heavy atom. The Bertz CT molecular complexity index is 734. The standard InChI is InChI=1S/C19H30N4O2S.CH2O2/c1-5-6-7-15-10-23(12-17(24-15)14(2)3)11-16-8-9-18(25-16)26-19-21-20-13-22(19)4;2-1-3/h8-9,13-15,17H,5-7,10-12H2,1-4H3;1H,(H,2,3)/t15-,17-;/m1./s1. The van der Waals surface area contributed by atoms with Gasteiger partial charge in [0.25, 0.3) is 6.47 Å². The summed E-state index contributed by atoms with van der Waals surface area (Å²) in [5.41, 5.74) is 0. The molecule has 0 spiro atoms. The number of aromatic nitrogens is 3. The summed E-state index contributed by atoms with van der Waals surface area (Å²) in [5.74, 6) is 1.52. The zero-order valence-electron chi connectivity index (χ0n) is 17.7. The van der Waals surface area contributed by atoms with Crippen molar-refractivity contribution in [2.75, 3.05) is 13.1 Å². The van der Waals surface area contributed by atoms with Gasteiger partial charge in [-0.05, 0) is 36.2 Å². The van der Waals surface area contributed by atoms with Crippen molar-refractivity contribution in [2.24, 2.45) is 13.0 Å². The molecule has 1 fully saturated rings. The van der Waals surface area contributed by atoms with Crippen LogP contribution in [-0.4, -0.2) is 56.5 Å². The first-order valence-corrected chi connectivity index (χ1v) is 10.8. The van der Waals surface area contributed by atoms with E-state index in [0.29, 0.717) is 18.1 Å². The predicted molar refractivity (Wildman–Crippen MR) is 111 cm³/mol. The normalized spacial score (nSPS) is 19.8. The number of hydrogen-bond donors (Lipinski definition) is 1. The molecule has 0 aromatic carbocycles. The zero-order valence-corrected chi connectivity index (χ0v) is 18.5. The van der Waals surface area contributed by atoms with Crippen molar-refractivity contribution >= 4 is 18.2 Å². The third-order valence-corrected chi connectivity index (χ3v) is 5.74. The molecule has 3 heterocycles. The number of morpholine rings is 1. The molecule has 1 N–H and O–H groups in total. The number of carbonyl (C=O) groups is 1. The van der Waals surface area contributed by atoms with Crippen LogP contribution >= 0.6 is 11.8 Å². The van der Waals surface area contributed by atoms with E-state index in [0.717, 1.165) is 42.1 Å². The number of rotatable bonds is 8. The number of hydrogen-bond acceptors (Lipinski definition) is 7. The van der Waals surface area contributed by atoms with Crippen molar-refractivity contribution < 1.29 is 19.1 Å². The monoisotopic (exact) mass is 424 g/mol. The maximum Gasteiger partial charge on any atom is 0.290 e. The summed E-state index contributed by atoms with van der Waals surface area (Å²) in [5, 5.41) is 16.6. The summed E-state index contributed by atoms with van der Waals surface area (Å²) in [4.78, 5) is 10.8. The van der Waals surface area contributed by atoms with E-state index in [1.807, 2.05) is 17.7 Å². The third kappa shape index (κ3) is 7.49. The maximum absolute atomic E-state index is 8.36. The Kier molecular flexibility index (Phi) is 9.69. The quantitative estimate of drug-likeness (QED) is 0.642. The van der Waals surface area contributed by atoms with E-state index < -0.39 is 0 Å². The molecule has 1 saturated heterocycles. The second kappa shape index (κ2) is 12.0. The lowest BCUT2D eigenvalue weighted by atomic mass is 10.0. The Morgan fingerprint density at radius 2 is 2.14 bits per heavy atom. The van der Waals surface area contributed by atoms with E-state index in [4.69, 9.17) is 19.1 Å². The number of furan rings is 1. The second-order valence-corrected chi connectivity index (χ2v) is 8.50.